The van der Waals surface area contributed by atoms with Crippen LogP contribution in [0.2, 0.25) is 15.1 Å². The molecule has 0 saturated carbocycles. The molecule has 0 atom stereocenters. The summed E-state index contributed by atoms with van der Waals surface area (Å²) < 4.78 is 6.12. The highest BCUT2D eigenvalue weighted by molar-refractivity contribution is 6.72. The average Bonchev–Trinajstić information content (AvgIpc) is 3.49. The highest BCUT2D eigenvalue weighted by atomic mass is 35.5. The van der Waals surface area contributed by atoms with Crippen molar-refractivity contribution in [1.82, 2.24) is 5.32 Å². The summed E-state index contributed by atoms with van der Waals surface area (Å²) in [4.78, 5) is 47.8. The molecule has 0 aliphatic carbocycles. The smallest absolute Gasteiger partial charge is 0.301 e. The Bertz CT molecular complexity index is 2280. The van der Waals surface area contributed by atoms with Crippen LogP contribution in [0.1, 0.15) is 88.4 Å². The Hall–Kier alpha value is -4.94. The van der Waals surface area contributed by atoms with Crippen LogP contribution >= 0.6 is 34.8 Å². The molecular weight excluding hydrogens is 811 g/mol. The molecule has 0 radical (unpaired) electrons. The number of nitrogens with one attached hydrogen (secondary N) is 2. The van der Waals surface area contributed by atoms with Crippen molar-refractivity contribution in [2.45, 2.75) is 79.1 Å². The highest BCUT2D eigenvalue weighted by Gasteiger charge is 2.37. The second kappa shape index (κ2) is 19.0. The number of aliphatic hydroxyl groups is 1. The molecule has 4 aromatic carbocycles. The average molecular weight is 862 g/mol. The molecule has 1 aliphatic rings. The van der Waals surface area contributed by atoms with Crippen molar-refractivity contribution in [3.63, 3.8) is 0 Å². The number of nitrogens with zero attached hydrogens (tertiary/aromatic N) is 4. The highest BCUT2D eigenvalue weighted by Crippen LogP contribution is 2.40. The maximum Gasteiger partial charge on any atom is 0.301 e. The van der Waals surface area contributed by atoms with E-state index in [0.717, 1.165) is 34.7 Å². The van der Waals surface area contributed by atoms with Crippen molar-refractivity contribution in [1.29, 1.82) is 0 Å². The lowest BCUT2D eigenvalue weighted by Crippen LogP contribution is -2.37. The van der Waals surface area contributed by atoms with Crippen LogP contribution < -0.4 is 25.3 Å². The zero-order valence-electron chi connectivity index (χ0n) is 34.7. The minimum Gasteiger partial charge on any atom is -0.483 e. The second-order valence-corrected chi connectivity index (χ2v) is 16.8. The van der Waals surface area contributed by atoms with E-state index >= 15 is 0 Å². The van der Waals surface area contributed by atoms with Crippen LogP contribution in [0.15, 0.2) is 82.9 Å². The lowest BCUT2D eigenvalue weighted by molar-refractivity contribution is -0.118. The van der Waals surface area contributed by atoms with Crippen LogP contribution in [0.3, 0.4) is 0 Å². The molecule has 0 spiro atoms. The quantitative estimate of drug-likeness (QED) is 0.109. The first kappa shape index (κ1) is 45.1. The number of hydrogen-bond donors (Lipinski definition) is 3. The van der Waals surface area contributed by atoms with Gasteiger partial charge in [-0.25, -0.2) is 4.99 Å². The molecule has 1 heterocycles. The van der Waals surface area contributed by atoms with Crippen molar-refractivity contribution >= 4 is 86.8 Å². The third kappa shape index (κ3) is 10.4. The number of anilines is 3. The van der Waals surface area contributed by atoms with E-state index in [4.69, 9.17) is 39.5 Å². The third-order valence-electron chi connectivity index (χ3n) is 10.8. The summed E-state index contributed by atoms with van der Waals surface area (Å²) in [5.41, 5.74) is 4.54. The summed E-state index contributed by atoms with van der Waals surface area (Å²) >= 11 is 19.2. The van der Waals surface area contributed by atoms with E-state index in [1.165, 1.54) is 23.8 Å². The van der Waals surface area contributed by atoms with Crippen LogP contribution in [0.5, 0.6) is 5.75 Å². The summed E-state index contributed by atoms with van der Waals surface area (Å²) in [5.74, 6) is -1.23. The fourth-order valence-corrected chi connectivity index (χ4v) is 7.38. The summed E-state index contributed by atoms with van der Waals surface area (Å²) in [6, 6.07) is 20.9. The van der Waals surface area contributed by atoms with Gasteiger partial charge in [0.05, 0.1) is 22.3 Å². The minimum absolute atomic E-state index is 0.00815. The number of hydrazone groups is 1. The number of ether oxygens (including phenoxy) is 1. The van der Waals surface area contributed by atoms with E-state index in [-0.39, 0.29) is 61.9 Å². The van der Waals surface area contributed by atoms with E-state index < -0.39 is 17.7 Å². The van der Waals surface area contributed by atoms with Gasteiger partial charge in [-0.05, 0) is 103 Å². The predicted molar refractivity (Wildman–Crippen MR) is 241 cm³/mol. The molecule has 0 bridgehead atoms. The standard InChI is InChI=1S/C45H51Cl3N6O5/c1-9-44(5,6)29-15-18-37(33(23-29)45(7,8)10-2)59-26-38(56)49-31-14-12-13-28(22-31)42(57)51-41-39(43(58)54(52-41)40-34(47)24-30(46)25-35(40)48)50-36-17-16-32(21-27(36)4)53(11-3)19-20-55/h12-18,21-25,55H,9-11,19-20,26H2,1-8H3,(H,49,56)(H,51,52,57). The van der Waals surface area contributed by atoms with Gasteiger partial charge in [-0.1, -0.05) is 94.5 Å². The SMILES string of the molecule is CCN(CCO)c1ccc(N=C2C(=O)N(c3c(Cl)cc(Cl)cc3Cl)N=C2NC(=O)c2cccc(NC(=O)COc3ccc(C(C)(C)CC)cc3C(C)(C)CC)c2)c(C)c1. The molecular formula is C45H51Cl3N6O5. The molecule has 0 aromatic heterocycles. The summed E-state index contributed by atoms with van der Waals surface area (Å²) in [6.07, 6.45) is 1.86. The van der Waals surface area contributed by atoms with Gasteiger partial charge >= 0.3 is 5.91 Å². The van der Waals surface area contributed by atoms with E-state index in [0.29, 0.717) is 30.2 Å². The van der Waals surface area contributed by atoms with Gasteiger partial charge in [0.2, 0.25) is 0 Å². The number of carbonyl (C=O) groups is 3. The van der Waals surface area contributed by atoms with Gasteiger partial charge in [-0.3, -0.25) is 14.4 Å². The largest absolute Gasteiger partial charge is 0.483 e. The Labute approximate surface area is 361 Å². The Morgan fingerprint density at radius 2 is 1.59 bits per heavy atom. The first-order valence-corrected chi connectivity index (χ1v) is 20.7. The number of halogens is 3. The predicted octanol–water partition coefficient (Wildman–Crippen LogP) is 10.0. The zero-order chi connectivity index (χ0) is 43.2. The third-order valence-corrected chi connectivity index (χ3v) is 11.6. The first-order valence-electron chi connectivity index (χ1n) is 19.5. The Morgan fingerprint density at radius 3 is 2.22 bits per heavy atom. The first-order chi connectivity index (χ1) is 27.9. The van der Waals surface area contributed by atoms with E-state index in [2.05, 4.69) is 74.4 Å². The number of rotatable bonds is 15. The number of likely N-dealkylation sites (N-methyl/N-ethyl adjacent to an activating group) is 1. The normalized spacial score (nSPS) is 13.8. The van der Waals surface area contributed by atoms with Crippen LogP contribution in [0, 0.1) is 6.92 Å². The van der Waals surface area contributed by atoms with Gasteiger partial charge in [0, 0.05) is 40.6 Å². The number of hydrogen-bond acceptors (Lipinski definition) is 8. The lowest BCUT2D eigenvalue weighted by Gasteiger charge is -2.30. The fraction of sp³-hybridized carbons (Fsp3) is 0.356. The molecule has 14 heteroatoms. The van der Waals surface area contributed by atoms with Crippen LogP contribution in [-0.4, -0.2) is 60.7 Å². The number of aliphatic imine (C=N–C) groups is 1. The molecule has 0 fully saturated rings. The fourth-order valence-electron chi connectivity index (χ4n) is 6.40. The molecule has 312 valence electrons. The monoisotopic (exact) mass is 860 g/mol. The molecule has 0 unspecified atom stereocenters. The Kier molecular flexibility index (Phi) is 14.5. The van der Waals surface area contributed by atoms with E-state index in [1.54, 1.807) is 24.3 Å². The number of benzene rings is 4. The second-order valence-electron chi connectivity index (χ2n) is 15.6. The number of carbonyl (C=O) groups excluding carboxylic acids is 3. The number of aliphatic hydroxyl groups excluding tert-OH is 1. The molecule has 4 aromatic rings. The number of amides is 3. The van der Waals surface area contributed by atoms with Gasteiger partial charge < -0.3 is 25.4 Å². The number of amidine groups is 1. The topological polar surface area (TPSA) is 136 Å². The van der Waals surface area contributed by atoms with E-state index in [9.17, 15) is 19.5 Å². The van der Waals surface area contributed by atoms with Crippen molar-refractivity contribution in [2.75, 3.05) is 41.5 Å². The molecule has 59 heavy (non-hydrogen) atoms. The maximum atomic E-state index is 14.0. The number of aryl methyl sites for hydroxylation is 1. The van der Waals surface area contributed by atoms with Crippen LogP contribution in [0.4, 0.5) is 22.7 Å². The molecule has 1 aliphatic heterocycles. The molecule has 3 amide bonds. The van der Waals surface area contributed by atoms with Crippen molar-refractivity contribution in [3.05, 3.63) is 110 Å². The summed E-state index contributed by atoms with van der Waals surface area (Å²) in [7, 11) is 0. The summed E-state index contributed by atoms with van der Waals surface area (Å²) in [5, 5.41) is 20.8. The molecule has 3 N–H and O–H groups in total. The van der Waals surface area contributed by atoms with Gasteiger partial charge in [0.1, 0.15) is 11.4 Å². The van der Waals surface area contributed by atoms with Crippen molar-refractivity contribution in [2.24, 2.45) is 10.1 Å². The minimum atomic E-state index is -0.694. The maximum absolute atomic E-state index is 14.0. The van der Waals surface area contributed by atoms with E-state index in [1.807, 2.05) is 36.9 Å². The molecule has 0 saturated heterocycles. The Morgan fingerprint density at radius 1 is 0.898 bits per heavy atom. The summed E-state index contributed by atoms with van der Waals surface area (Å²) in [6.45, 7) is 17.7. The van der Waals surface area contributed by atoms with Crippen molar-refractivity contribution in [3.8, 4) is 5.75 Å². The van der Waals surface area contributed by atoms with Gasteiger partial charge in [-0.2, -0.15) is 5.01 Å². The van der Waals surface area contributed by atoms with Crippen LogP contribution in [0.25, 0.3) is 0 Å². The Balaban J connectivity index is 1.39. The van der Waals surface area contributed by atoms with Gasteiger partial charge in [0.25, 0.3) is 11.8 Å². The lowest BCUT2D eigenvalue weighted by atomic mass is 9.76. The van der Waals surface area contributed by atoms with Gasteiger partial charge in [-0.15, -0.1) is 5.10 Å². The van der Waals surface area contributed by atoms with Crippen molar-refractivity contribution < 1.29 is 24.2 Å². The van der Waals surface area contributed by atoms with Crippen LogP contribution in [-0.2, 0) is 20.4 Å². The zero-order valence-corrected chi connectivity index (χ0v) is 36.9. The van der Waals surface area contributed by atoms with Gasteiger partial charge in [0.15, 0.2) is 18.2 Å². The molecule has 11 nitrogen and oxygen atoms in total. The molecule has 5 rings (SSSR count).